The number of ether oxygens (including phenoxy) is 3. The van der Waals surface area contributed by atoms with Gasteiger partial charge < -0.3 is 29.4 Å². The van der Waals surface area contributed by atoms with E-state index in [9.17, 15) is 4.79 Å². The van der Waals surface area contributed by atoms with Crippen molar-refractivity contribution in [1.29, 1.82) is 0 Å². The quantitative estimate of drug-likeness (QED) is 0.445. The predicted octanol–water partition coefficient (Wildman–Crippen LogP) is 5.04. The number of hydrogen-bond donors (Lipinski definition) is 1. The fourth-order valence-corrected chi connectivity index (χ4v) is 5.69. The van der Waals surface area contributed by atoms with Gasteiger partial charge in [-0.25, -0.2) is 19.7 Å². The van der Waals surface area contributed by atoms with E-state index in [1.165, 1.54) is 11.8 Å². The summed E-state index contributed by atoms with van der Waals surface area (Å²) in [7, 11) is 0. The Balaban J connectivity index is 1.28. The van der Waals surface area contributed by atoms with E-state index in [0.717, 1.165) is 35.2 Å². The lowest BCUT2D eigenvalue weighted by atomic mass is 9.95. The molecule has 0 unspecified atom stereocenters. The molecule has 4 aliphatic heterocycles. The van der Waals surface area contributed by atoms with Crippen LogP contribution in [0.3, 0.4) is 0 Å². The average molecular weight is 578 g/mol. The first-order chi connectivity index (χ1) is 17.2. The topological polar surface area (TPSA) is 118 Å². The van der Waals surface area contributed by atoms with Crippen molar-refractivity contribution in [1.82, 2.24) is 24.4 Å². The fourth-order valence-electron chi connectivity index (χ4n) is 4.33. The van der Waals surface area contributed by atoms with Crippen LogP contribution in [0, 0.1) is 5.92 Å². The summed E-state index contributed by atoms with van der Waals surface area (Å²) >= 11 is 5.01. The van der Waals surface area contributed by atoms with Crippen LogP contribution in [0.5, 0.6) is 11.5 Å². The van der Waals surface area contributed by atoms with Gasteiger partial charge in [-0.1, -0.05) is 0 Å². The molecule has 4 aliphatic rings. The van der Waals surface area contributed by atoms with E-state index in [4.69, 9.17) is 24.9 Å². The maximum absolute atomic E-state index is 12.5. The van der Waals surface area contributed by atoms with Gasteiger partial charge in [-0.15, -0.1) is 0 Å². The summed E-state index contributed by atoms with van der Waals surface area (Å²) in [6.07, 6.45) is 4.39. The Bertz CT molecular complexity index is 1250. The van der Waals surface area contributed by atoms with Gasteiger partial charge >= 0.3 is 6.09 Å². The van der Waals surface area contributed by atoms with E-state index in [-0.39, 0.29) is 12.9 Å². The van der Waals surface area contributed by atoms with Crippen LogP contribution in [0.2, 0.25) is 0 Å². The summed E-state index contributed by atoms with van der Waals surface area (Å²) in [5, 5.41) is 0.576. The Morgan fingerprint density at radius 3 is 2.83 bits per heavy atom. The molecule has 4 heterocycles. The van der Waals surface area contributed by atoms with Crippen LogP contribution in [0.1, 0.15) is 40.0 Å². The minimum Gasteiger partial charge on any atom is -0.454 e. The zero-order chi connectivity index (χ0) is 25.4. The number of carbonyl (C=O) groups excluding carboxylic acids is 1. The molecule has 1 aromatic carbocycles. The van der Waals surface area contributed by atoms with Crippen LogP contribution in [0.25, 0.3) is 11.5 Å². The summed E-state index contributed by atoms with van der Waals surface area (Å²) in [5.74, 6) is 2.81. The van der Waals surface area contributed by atoms with Gasteiger partial charge in [-0.3, -0.25) is 0 Å². The Hall–Kier alpha value is -2.73. The number of nitrogens with two attached hydrogens (primary N) is 1. The molecule has 1 fully saturated rings. The number of nitrogen functional groups attached to an aromatic ring is 1. The summed E-state index contributed by atoms with van der Waals surface area (Å²) < 4.78 is 19.4. The van der Waals surface area contributed by atoms with E-state index < -0.39 is 5.60 Å². The standard InChI is InChI=1S/C24H29BrN6O4S/c1-24(2,3)35-23(32)30-7-4-5-14(11-30)6-8-31-12-27-20(26)19-21(31)29-22(28-19)36-18-10-17-16(9-15(18)25)33-13-34-17/h9-10,12,14H,4-8,11,13,26H2,1-3H3/t14-/m1/s1. The molecular weight excluding hydrogens is 548 g/mol. The number of aromatic nitrogens is 4. The van der Waals surface area contributed by atoms with E-state index >= 15 is 0 Å². The van der Waals surface area contributed by atoms with Gasteiger partial charge in [0.1, 0.15) is 5.60 Å². The molecule has 5 rings (SSSR count). The van der Waals surface area contributed by atoms with E-state index in [1.54, 1.807) is 6.33 Å². The minimum atomic E-state index is -0.497. The van der Waals surface area contributed by atoms with Gasteiger partial charge in [0.05, 0.1) is 6.33 Å². The number of rotatable bonds is 5. The first kappa shape index (κ1) is 24.9. The molecule has 12 heteroatoms. The molecule has 0 saturated carbocycles. The highest BCUT2D eigenvalue weighted by Gasteiger charge is 2.28. The summed E-state index contributed by atoms with van der Waals surface area (Å²) in [6.45, 7) is 8.00. The van der Waals surface area contributed by atoms with Crippen LogP contribution in [0.15, 0.2) is 33.0 Å². The second-order valence-electron chi connectivity index (χ2n) is 9.96. The number of nitrogens with zero attached hydrogens (tertiary/aromatic N) is 5. The molecule has 0 aliphatic carbocycles. The van der Waals surface area contributed by atoms with E-state index in [2.05, 4.69) is 25.9 Å². The average Bonchev–Trinajstić information content (AvgIpc) is 3.45. The Kier molecular flexibility index (Phi) is 6.90. The number of imidazole rings is 1. The predicted molar refractivity (Wildman–Crippen MR) is 138 cm³/mol. The molecular formula is C24H29BrN6O4S. The van der Waals surface area contributed by atoms with Crippen molar-refractivity contribution in [3.05, 3.63) is 22.9 Å². The Morgan fingerprint density at radius 1 is 1.28 bits per heavy atom. The summed E-state index contributed by atoms with van der Waals surface area (Å²) in [6, 6.07) is 3.79. The number of piperidine rings is 1. The molecule has 0 bridgehead atoms. The monoisotopic (exact) mass is 576 g/mol. The van der Waals surface area contributed by atoms with Gasteiger partial charge in [-0.2, -0.15) is 0 Å². The second-order valence-corrected chi connectivity index (χ2v) is 11.8. The van der Waals surface area contributed by atoms with Crippen molar-refractivity contribution in [2.45, 2.75) is 62.2 Å². The Morgan fingerprint density at radius 2 is 2.06 bits per heavy atom. The number of hydrogen-bond acceptors (Lipinski definition) is 9. The molecule has 10 nitrogen and oxygen atoms in total. The van der Waals surface area contributed by atoms with Gasteiger partial charge in [0.15, 0.2) is 34.0 Å². The molecule has 2 N–H and O–H groups in total. The normalized spacial score (nSPS) is 17.6. The van der Waals surface area contributed by atoms with Crippen LogP contribution in [0.4, 0.5) is 10.6 Å². The molecule has 0 aromatic heterocycles. The number of halogens is 1. The Labute approximate surface area is 222 Å². The third kappa shape index (κ3) is 5.49. The van der Waals surface area contributed by atoms with E-state index in [0.29, 0.717) is 53.0 Å². The van der Waals surface area contributed by atoms with Gasteiger partial charge in [-0.05, 0) is 85.8 Å². The van der Waals surface area contributed by atoms with Crippen LogP contribution in [-0.2, 0) is 11.3 Å². The zero-order valence-corrected chi connectivity index (χ0v) is 22.9. The highest BCUT2D eigenvalue weighted by atomic mass is 79.9. The lowest BCUT2D eigenvalue weighted by Gasteiger charge is -2.34. The van der Waals surface area contributed by atoms with Crippen molar-refractivity contribution in [3.63, 3.8) is 0 Å². The lowest BCUT2D eigenvalue weighted by molar-refractivity contribution is 0.0159. The number of fused-ring (bicyclic) bond motifs is 2. The number of anilines is 1. The van der Waals surface area contributed by atoms with Gasteiger partial charge in [0.2, 0.25) is 6.79 Å². The van der Waals surface area contributed by atoms with Crippen LogP contribution < -0.4 is 15.2 Å². The third-order valence-electron chi connectivity index (χ3n) is 6.05. The smallest absolute Gasteiger partial charge is 0.410 e. The number of aryl methyl sites for hydroxylation is 1. The molecule has 1 aromatic rings. The molecule has 1 amide bonds. The van der Waals surface area contributed by atoms with Crippen molar-refractivity contribution in [2.75, 3.05) is 25.6 Å². The molecule has 36 heavy (non-hydrogen) atoms. The number of carbonyl (C=O) groups is 1. The fraction of sp³-hybridized carbons (Fsp3) is 0.500. The molecule has 192 valence electrons. The largest absolute Gasteiger partial charge is 0.454 e. The van der Waals surface area contributed by atoms with Crippen molar-refractivity contribution in [2.24, 2.45) is 5.92 Å². The van der Waals surface area contributed by atoms with Crippen molar-refractivity contribution < 1.29 is 19.0 Å². The highest BCUT2D eigenvalue weighted by Crippen LogP contribution is 2.43. The van der Waals surface area contributed by atoms with Gasteiger partial charge in [0, 0.05) is 29.0 Å². The maximum atomic E-state index is 12.5. The van der Waals surface area contributed by atoms with Crippen molar-refractivity contribution >= 4 is 39.6 Å². The van der Waals surface area contributed by atoms with Crippen LogP contribution in [-0.4, -0.2) is 56.0 Å². The van der Waals surface area contributed by atoms with Crippen molar-refractivity contribution in [3.8, 4) is 23.0 Å². The van der Waals surface area contributed by atoms with Crippen LogP contribution >= 0.6 is 27.7 Å². The summed E-state index contributed by atoms with van der Waals surface area (Å²) in [4.78, 5) is 29.0. The number of likely N-dealkylation sites (tertiary alicyclic amines) is 1. The maximum Gasteiger partial charge on any atom is 0.410 e. The molecule has 1 saturated heterocycles. The number of amides is 1. The third-order valence-corrected chi connectivity index (χ3v) is 7.89. The molecule has 0 spiro atoms. The SMILES string of the molecule is CC(C)(C)OC(=O)N1CCC[C@H](CCn2cnc(N)c3nc(Sc4cc5c(cc4Br)OCO5)nc2-3)C1. The number of benzene rings is 1. The highest BCUT2D eigenvalue weighted by molar-refractivity contribution is 9.10. The summed E-state index contributed by atoms with van der Waals surface area (Å²) in [5.41, 5.74) is 6.22. The lowest BCUT2D eigenvalue weighted by Crippen LogP contribution is -2.43. The van der Waals surface area contributed by atoms with E-state index in [1.807, 2.05) is 42.4 Å². The first-order valence-corrected chi connectivity index (χ1v) is 13.5. The zero-order valence-electron chi connectivity index (χ0n) is 20.5. The molecule has 1 atom stereocenters. The minimum absolute atomic E-state index is 0.214. The first-order valence-electron chi connectivity index (χ1n) is 11.9. The van der Waals surface area contributed by atoms with Gasteiger partial charge in [0.25, 0.3) is 0 Å². The molecule has 0 radical (unpaired) electrons. The second kappa shape index (κ2) is 9.97.